The average Bonchev–Trinajstić information content (AvgIpc) is 3.11. The number of halogens is 1. The number of hydrogen-bond acceptors (Lipinski definition) is 4. The highest BCUT2D eigenvalue weighted by atomic mass is 32.1. The Labute approximate surface area is 155 Å². The highest BCUT2D eigenvalue weighted by Crippen LogP contribution is 2.31. The molecule has 0 saturated carbocycles. The van der Waals surface area contributed by atoms with Crippen LogP contribution in [-0.4, -0.2) is 24.0 Å². The van der Waals surface area contributed by atoms with E-state index in [-0.39, 0.29) is 18.3 Å². The molecule has 1 aliphatic rings. The second-order valence-electron chi connectivity index (χ2n) is 6.50. The zero-order chi connectivity index (χ0) is 17.9. The number of thiazole rings is 1. The fourth-order valence-electron chi connectivity index (χ4n) is 3.19. The fourth-order valence-corrected chi connectivity index (χ4v) is 4.25. The third-order valence-electron chi connectivity index (χ3n) is 4.66. The first-order chi connectivity index (χ1) is 12.7. The van der Waals surface area contributed by atoms with Crippen molar-refractivity contribution in [2.24, 2.45) is 0 Å². The second kappa shape index (κ2) is 7.41. The van der Waals surface area contributed by atoms with Gasteiger partial charge in [-0.25, -0.2) is 9.37 Å². The van der Waals surface area contributed by atoms with Gasteiger partial charge in [-0.05, 0) is 43.5 Å². The number of rotatable bonds is 4. The van der Waals surface area contributed by atoms with E-state index in [0.717, 1.165) is 28.4 Å². The molecule has 1 saturated heterocycles. The summed E-state index contributed by atoms with van der Waals surface area (Å²) >= 11 is 1.63. The Morgan fingerprint density at radius 2 is 1.96 bits per heavy atom. The summed E-state index contributed by atoms with van der Waals surface area (Å²) in [7, 11) is 0. The molecular weight excluding hydrogens is 349 g/mol. The Balaban J connectivity index is 1.49. The lowest BCUT2D eigenvalue weighted by Gasteiger charge is -2.25. The van der Waals surface area contributed by atoms with Crippen LogP contribution in [0.4, 0.5) is 9.52 Å². The van der Waals surface area contributed by atoms with Crippen LogP contribution in [0, 0.1) is 5.82 Å². The van der Waals surface area contributed by atoms with E-state index in [0.29, 0.717) is 11.1 Å². The van der Waals surface area contributed by atoms with Gasteiger partial charge in [0.15, 0.2) is 5.13 Å². The van der Waals surface area contributed by atoms with E-state index in [1.54, 1.807) is 35.6 Å². The van der Waals surface area contributed by atoms with Gasteiger partial charge in [0.25, 0.3) is 5.91 Å². The molecule has 1 N–H and O–H groups in total. The van der Waals surface area contributed by atoms with Crippen molar-refractivity contribution in [1.82, 2.24) is 10.3 Å². The summed E-state index contributed by atoms with van der Waals surface area (Å²) in [6.07, 6.45) is 3.70. The lowest BCUT2D eigenvalue weighted by Crippen LogP contribution is -2.29. The van der Waals surface area contributed by atoms with Crippen molar-refractivity contribution in [3.05, 3.63) is 59.4 Å². The summed E-state index contributed by atoms with van der Waals surface area (Å²) in [5.74, 6) is -0.514. The molecule has 134 valence electrons. The SMILES string of the molecule is O=C(NCc1ccccc1F)c1ccc2nc(N3CCCCC3)sc2c1. The molecule has 3 aromatic rings. The quantitative estimate of drug-likeness (QED) is 0.743. The molecule has 1 aliphatic heterocycles. The molecule has 4 rings (SSSR count). The smallest absolute Gasteiger partial charge is 0.251 e. The lowest BCUT2D eigenvalue weighted by molar-refractivity contribution is 0.0951. The third-order valence-corrected chi connectivity index (χ3v) is 5.74. The molecule has 2 aromatic carbocycles. The van der Waals surface area contributed by atoms with Crippen LogP contribution in [0.15, 0.2) is 42.5 Å². The molecule has 1 aromatic heterocycles. The lowest BCUT2D eigenvalue weighted by atomic mass is 10.1. The summed E-state index contributed by atoms with van der Waals surface area (Å²) in [6, 6.07) is 12.0. The number of amides is 1. The van der Waals surface area contributed by atoms with E-state index >= 15 is 0 Å². The molecule has 4 nitrogen and oxygen atoms in total. The van der Waals surface area contributed by atoms with Crippen molar-refractivity contribution in [2.45, 2.75) is 25.8 Å². The van der Waals surface area contributed by atoms with Crippen LogP contribution in [-0.2, 0) is 6.54 Å². The van der Waals surface area contributed by atoms with Gasteiger partial charge in [0, 0.05) is 30.8 Å². The molecule has 0 aliphatic carbocycles. The van der Waals surface area contributed by atoms with E-state index in [4.69, 9.17) is 4.98 Å². The molecule has 0 spiro atoms. The van der Waals surface area contributed by atoms with Crippen molar-refractivity contribution < 1.29 is 9.18 Å². The molecule has 0 unspecified atom stereocenters. The number of nitrogens with zero attached hydrogens (tertiary/aromatic N) is 2. The van der Waals surface area contributed by atoms with E-state index in [1.165, 1.54) is 25.3 Å². The maximum absolute atomic E-state index is 13.7. The number of anilines is 1. The summed E-state index contributed by atoms with van der Waals surface area (Å²) in [4.78, 5) is 19.5. The maximum Gasteiger partial charge on any atom is 0.251 e. The molecule has 1 fully saturated rings. The van der Waals surface area contributed by atoms with Crippen LogP contribution in [0.2, 0.25) is 0 Å². The Bertz CT molecular complexity index is 934. The van der Waals surface area contributed by atoms with Gasteiger partial charge in [-0.15, -0.1) is 0 Å². The Kier molecular flexibility index (Phi) is 4.84. The van der Waals surface area contributed by atoms with Gasteiger partial charge in [-0.2, -0.15) is 0 Å². The number of carbonyl (C=O) groups excluding carboxylic acids is 1. The minimum Gasteiger partial charge on any atom is -0.348 e. The van der Waals surface area contributed by atoms with Gasteiger partial charge < -0.3 is 10.2 Å². The average molecular weight is 369 g/mol. The number of benzene rings is 2. The molecule has 0 bridgehead atoms. The summed E-state index contributed by atoms with van der Waals surface area (Å²) in [5, 5.41) is 3.82. The van der Waals surface area contributed by atoms with Crippen molar-refractivity contribution in [1.29, 1.82) is 0 Å². The third kappa shape index (κ3) is 3.55. The number of fused-ring (bicyclic) bond motifs is 1. The predicted molar refractivity (Wildman–Crippen MR) is 103 cm³/mol. The van der Waals surface area contributed by atoms with Gasteiger partial charge in [0.1, 0.15) is 5.82 Å². The van der Waals surface area contributed by atoms with Gasteiger partial charge in [0.2, 0.25) is 0 Å². The topological polar surface area (TPSA) is 45.2 Å². The van der Waals surface area contributed by atoms with E-state index in [2.05, 4.69) is 10.2 Å². The minimum atomic E-state index is -0.308. The molecular formula is C20H20FN3OS. The van der Waals surface area contributed by atoms with E-state index < -0.39 is 0 Å². The first-order valence-electron chi connectivity index (χ1n) is 8.88. The van der Waals surface area contributed by atoms with Gasteiger partial charge in [0.05, 0.1) is 10.2 Å². The molecule has 0 radical (unpaired) electrons. The van der Waals surface area contributed by atoms with Crippen LogP contribution in [0.3, 0.4) is 0 Å². The minimum absolute atomic E-state index is 0.172. The van der Waals surface area contributed by atoms with Crippen molar-refractivity contribution in [2.75, 3.05) is 18.0 Å². The number of carbonyl (C=O) groups is 1. The van der Waals surface area contributed by atoms with E-state index in [9.17, 15) is 9.18 Å². The van der Waals surface area contributed by atoms with Gasteiger partial charge in [-0.1, -0.05) is 29.5 Å². The number of hydrogen-bond donors (Lipinski definition) is 1. The summed E-state index contributed by atoms with van der Waals surface area (Å²) in [6.45, 7) is 2.27. The molecule has 1 amide bonds. The van der Waals surface area contributed by atoms with Crippen molar-refractivity contribution in [3.8, 4) is 0 Å². The van der Waals surface area contributed by atoms with Crippen LogP contribution < -0.4 is 10.2 Å². The fraction of sp³-hybridized carbons (Fsp3) is 0.300. The normalized spacial score (nSPS) is 14.6. The van der Waals surface area contributed by atoms with Crippen LogP contribution in [0.25, 0.3) is 10.2 Å². The standard InChI is InChI=1S/C20H20FN3OS/c21-16-7-3-2-6-15(16)13-22-19(25)14-8-9-17-18(12-14)26-20(23-17)24-10-4-1-5-11-24/h2-3,6-9,12H,1,4-5,10-11,13H2,(H,22,25). The Morgan fingerprint density at radius 1 is 1.15 bits per heavy atom. The number of nitrogens with one attached hydrogen (secondary N) is 1. The zero-order valence-corrected chi connectivity index (χ0v) is 15.2. The van der Waals surface area contributed by atoms with Crippen molar-refractivity contribution in [3.63, 3.8) is 0 Å². The molecule has 2 heterocycles. The predicted octanol–water partition coefficient (Wildman–Crippen LogP) is 4.36. The second-order valence-corrected chi connectivity index (χ2v) is 7.51. The summed E-state index contributed by atoms with van der Waals surface area (Å²) < 4.78 is 14.7. The summed E-state index contributed by atoms with van der Waals surface area (Å²) in [5.41, 5.74) is 1.97. The van der Waals surface area contributed by atoms with Gasteiger partial charge >= 0.3 is 0 Å². The molecule has 0 atom stereocenters. The Morgan fingerprint density at radius 3 is 2.77 bits per heavy atom. The van der Waals surface area contributed by atoms with Crippen molar-refractivity contribution >= 4 is 32.6 Å². The van der Waals surface area contributed by atoms with Crippen LogP contribution in [0.1, 0.15) is 35.2 Å². The largest absolute Gasteiger partial charge is 0.348 e. The van der Waals surface area contributed by atoms with Gasteiger partial charge in [-0.3, -0.25) is 4.79 Å². The zero-order valence-electron chi connectivity index (χ0n) is 14.4. The maximum atomic E-state index is 13.7. The first kappa shape index (κ1) is 17.0. The first-order valence-corrected chi connectivity index (χ1v) is 9.69. The number of aromatic nitrogens is 1. The Hall–Kier alpha value is -2.47. The van der Waals surface area contributed by atoms with Crippen LogP contribution in [0.5, 0.6) is 0 Å². The monoisotopic (exact) mass is 369 g/mol. The highest BCUT2D eigenvalue weighted by molar-refractivity contribution is 7.22. The molecule has 26 heavy (non-hydrogen) atoms. The molecule has 6 heteroatoms. The number of piperidine rings is 1. The van der Waals surface area contributed by atoms with Crippen LogP contribution >= 0.6 is 11.3 Å². The highest BCUT2D eigenvalue weighted by Gasteiger charge is 2.16. The van der Waals surface area contributed by atoms with E-state index in [1.807, 2.05) is 12.1 Å².